The molecular formula is C13H18N4. The second-order valence-corrected chi connectivity index (χ2v) is 4.58. The van der Waals surface area contributed by atoms with Crippen LogP contribution in [0.2, 0.25) is 0 Å². The Kier molecular flexibility index (Phi) is 3.07. The lowest BCUT2D eigenvalue weighted by atomic mass is 10.2. The number of nitrogens with zero attached hydrogens (tertiary/aromatic N) is 3. The molecule has 0 aliphatic carbocycles. The molecule has 2 aromatic heterocycles. The van der Waals surface area contributed by atoms with Gasteiger partial charge >= 0.3 is 0 Å². The molecule has 4 heteroatoms. The van der Waals surface area contributed by atoms with Gasteiger partial charge in [0, 0.05) is 31.4 Å². The van der Waals surface area contributed by atoms with Gasteiger partial charge in [-0.2, -0.15) is 5.10 Å². The van der Waals surface area contributed by atoms with Gasteiger partial charge in [0.1, 0.15) is 0 Å². The van der Waals surface area contributed by atoms with E-state index in [0.29, 0.717) is 0 Å². The zero-order valence-corrected chi connectivity index (χ0v) is 9.97. The molecule has 4 nitrogen and oxygen atoms in total. The fraction of sp³-hybridized carbons (Fsp3) is 0.462. The van der Waals surface area contributed by atoms with Crippen molar-refractivity contribution in [3.05, 3.63) is 36.2 Å². The average Bonchev–Trinajstić information content (AvgIpc) is 2.81. The molecule has 0 saturated carbocycles. The second-order valence-electron chi connectivity index (χ2n) is 4.58. The monoisotopic (exact) mass is 230 g/mol. The predicted molar refractivity (Wildman–Crippen MR) is 67.5 cm³/mol. The first kappa shape index (κ1) is 10.7. The van der Waals surface area contributed by atoms with Crippen molar-refractivity contribution in [2.24, 2.45) is 0 Å². The second kappa shape index (κ2) is 4.85. The highest BCUT2D eigenvalue weighted by atomic mass is 15.5. The van der Waals surface area contributed by atoms with E-state index in [9.17, 15) is 0 Å². The maximum atomic E-state index is 4.34. The van der Waals surface area contributed by atoms with E-state index in [2.05, 4.69) is 27.7 Å². The minimum Gasteiger partial charge on any atom is -0.251 e. The van der Waals surface area contributed by atoms with Crippen LogP contribution in [0.3, 0.4) is 0 Å². The van der Waals surface area contributed by atoms with Gasteiger partial charge in [-0.05, 0) is 25.0 Å². The Morgan fingerprint density at radius 2 is 2.06 bits per heavy atom. The molecule has 17 heavy (non-hydrogen) atoms. The highest BCUT2D eigenvalue weighted by molar-refractivity contribution is 5.53. The summed E-state index contributed by atoms with van der Waals surface area (Å²) in [5.74, 6) is 0. The molecule has 0 radical (unpaired) electrons. The Morgan fingerprint density at radius 3 is 2.94 bits per heavy atom. The normalized spacial score (nSPS) is 17.6. The van der Waals surface area contributed by atoms with Crippen molar-refractivity contribution in [2.75, 3.05) is 13.1 Å². The maximum absolute atomic E-state index is 4.34. The summed E-state index contributed by atoms with van der Waals surface area (Å²) in [5, 5.41) is 6.67. The standard InChI is InChI=1S/C13H18N4/c1-3-7-16(8-4-1)14-10-12-11-15-17-9-5-2-6-13(12)17/h2,5-6,9,11,14H,1,3-4,7-8,10H2. The van der Waals surface area contributed by atoms with Crippen molar-refractivity contribution in [3.8, 4) is 0 Å². The van der Waals surface area contributed by atoms with E-state index >= 15 is 0 Å². The van der Waals surface area contributed by atoms with Crippen molar-refractivity contribution in [1.82, 2.24) is 20.0 Å². The fourth-order valence-corrected chi connectivity index (χ4v) is 2.37. The van der Waals surface area contributed by atoms with Crippen molar-refractivity contribution >= 4 is 5.52 Å². The Labute approximate surface area is 101 Å². The molecule has 0 bridgehead atoms. The number of pyridine rings is 1. The van der Waals surface area contributed by atoms with Crippen LogP contribution >= 0.6 is 0 Å². The number of rotatable bonds is 3. The minimum absolute atomic E-state index is 0.869. The average molecular weight is 230 g/mol. The molecular weight excluding hydrogens is 212 g/mol. The topological polar surface area (TPSA) is 32.6 Å². The van der Waals surface area contributed by atoms with Gasteiger partial charge in [-0.3, -0.25) is 5.43 Å². The lowest BCUT2D eigenvalue weighted by molar-refractivity contribution is 0.151. The van der Waals surface area contributed by atoms with Gasteiger partial charge in [0.25, 0.3) is 0 Å². The molecule has 1 N–H and O–H groups in total. The van der Waals surface area contributed by atoms with Gasteiger partial charge in [0.2, 0.25) is 0 Å². The first-order chi connectivity index (χ1) is 8.43. The summed E-state index contributed by atoms with van der Waals surface area (Å²) in [5.41, 5.74) is 5.95. The molecule has 0 aromatic carbocycles. The van der Waals surface area contributed by atoms with E-state index in [1.165, 1.54) is 43.4 Å². The van der Waals surface area contributed by atoms with Gasteiger partial charge in [-0.25, -0.2) is 9.52 Å². The predicted octanol–water partition coefficient (Wildman–Crippen LogP) is 1.82. The number of hydrogen-bond donors (Lipinski definition) is 1. The van der Waals surface area contributed by atoms with Crippen molar-refractivity contribution in [3.63, 3.8) is 0 Å². The highest BCUT2D eigenvalue weighted by Crippen LogP contribution is 2.11. The highest BCUT2D eigenvalue weighted by Gasteiger charge is 2.10. The SMILES string of the molecule is c1ccn2ncc(CNN3CCCCC3)c2c1. The summed E-state index contributed by atoms with van der Waals surface area (Å²) in [4.78, 5) is 0. The Balaban J connectivity index is 1.68. The molecule has 3 rings (SSSR count). The van der Waals surface area contributed by atoms with Crippen LogP contribution in [0, 0.1) is 0 Å². The molecule has 1 fully saturated rings. The number of hydrazine groups is 1. The summed E-state index contributed by atoms with van der Waals surface area (Å²) >= 11 is 0. The Bertz CT molecular complexity index is 485. The van der Waals surface area contributed by atoms with Gasteiger partial charge in [0.05, 0.1) is 11.7 Å². The number of piperidine rings is 1. The van der Waals surface area contributed by atoms with E-state index in [1.54, 1.807) is 0 Å². The quantitative estimate of drug-likeness (QED) is 0.873. The van der Waals surface area contributed by atoms with Gasteiger partial charge < -0.3 is 0 Å². The third kappa shape index (κ3) is 2.33. The third-order valence-electron chi connectivity index (χ3n) is 3.36. The van der Waals surface area contributed by atoms with Crippen molar-refractivity contribution in [2.45, 2.75) is 25.8 Å². The summed E-state index contributed by atoms with van der Waals surface area (Å²) in [7, 11) is 0. The fourth-order valence-electron chi connectivity index (χ4n) is 2.37. The first-order valence-electron chi connectivity index (χ1n) is 6.33. The summed E-state index contributed by atoms with van der Waals surface area (Å²) in [6.45, 7) is 3.20. The van der Waals surface area contributed by atoms with Gasteiger partial charge in [0.15, 0.2) is 0 Å². The first-order valence-corrected chi connectivity index (χ1v) is 6.33. The lowest BCUT2D eigenvalue weighted by Gasteiger charge is -2.26. The molecule has 0 unspecified atom stereocenters. The number of aromatic nitrogens is 2. The Hall–Kier alpha value is -1.39. The van der Waals surface area contributed by atoms with Crippen LogP contribution < -0.4 is 5.43 Å². The smallest absolute Gasteiger partial charge is 0.0707 e. The third-order valence-corrected chi connectivity index (χ3v) is 3.36. The van der Waals surface area contributed by atoms with Gasteiger partial charge in [-0.1, -0.05) is 12.5 Å². The molecule has 0 atom stereocenters. The molecule has 90 valence electrons. The minimum atomic E-state index is 0.869. The lowest BCUT2D eigenvalue weighted by Crippen LogP contribution is -2.41. The van der Waals surface area contributed by atoms with E-state index < -0.39 is 0 Å². The van der Waals surface area contributed by atoms with E-state index in [1.807, 2.05) is 23.0 Å². The van der Waals surface area contributed by atoms with Crippen LogP contribution in [-0.4, -0.2) is 27.7 Å². The van der Waals surface area contributed by atoms with E-state index in [-0.39, 0.29) is 0 Å². The molecule has 0 amide bonds. The largest absolute Gasteiger partial charge is 0.251 e. The van der Waals surface area contributed by atoms with E-state index in [0.717, 1.165) is 6.54 Å². The zero-order chi connectivity index (χ0) is 11.5. The molecule has 1 saturated heterocycles. The summed E-state index contributed by atoms with van der Waals surface area (Å²) in [6.07, 6.45) is 7.92. The molecule has 3 heterocycles. The molecule has 2 aromatic rings. The van der Waals surface area contributed by atoms with E-state index in [4.69, 9.17) is 0 Å². The molecule has 1 aliphatic rings. The number of hydrogen-bond acceptors (Lipinski definition) is 3. The van der Waals surface area contributed by atoms with Crippen LogP contribution in [0.1, 0.15) is 24.8 Å². The van der Waals surface area contributed by atoms with Crippen LogP contribution in [-0.2, 0) is 6.54 Å². The maximum Gasteiger partial charge on any atom is 0.0707 e. The van der Waals surface area contributed by atoms with Crippen LogP contribution in [0.15, 0.2) is 30.6 Å². The molecule has 0 spiro atoms. The zero-order valence-electron chi connectivity index (χ0n) is 9.97. The number of fused-ring (bicyclic) bond motifs is 1. The van der Waals surface area contributed by atoms with Crippen LogP contribution in [0.5, 0.6) is 0 Å². The summed E-state index contributed by atoms with van der Waals surface area (Å²) < 4.78 is 1.92. The van der Waals surface area contributed by atoms with Crippen LogP contribution in [0.4, 0.5) is 0 Å². The van der Waals surface area contributed by atoms with Crippen molar-refractivity contribution < 1.29 is 0 Å². The van der Waals surface area contributed by atoms with Crippen LogP contribution in [0.25, 0.3) is 5.52 Å². The Morgan fingerprint density at radius 1 is 1.18 bits per heavy atom. The van der Waals surface area contributed by atoms with Gasteiger partial charge in [-0.15, -0.1) is 0 Å². The van der Waals surface area contributed by atoms with Crippen molar-refractivity contribution in [1.29, 1.82) is 0 Å². The molecule has 1 aliphatic heterocycles. The number of nitrogens with one attached hydrogen (secondary N) is 1. The summed E-state index contributed by atoms with van der Waals surface area (Å²) in [6, 6.07) is 6.17.